The minimum atomic E-state index is 0.582. The van der Waals surface area contributed by atoms with Crippen molar-refractivity contribution in [1.82, 2.24) is 0 Å². The third-order valence-corrected chi connectivity index (χ3v) is 1.85. The zero-order valence-electron chi connectivity index (χ0n) is 8.09. The summed E-state index contributed by atoms with van der Waals surface area (Å²) in [5.41, 5.74) is 6.65. The molecule has 0 amide bonds. The second-order valence-electron chi connectivity index (χ2n) is 2.93. The highest BCUT2D eigenvalue weighted by Crippen LogP contribution is 2.04. The summed E-state index contributed by atoms with van der Waals surface area (Å²) in [4.78, 5) is 0. The van der Waals surface area contributed by atoms with Crippen molar-refractivity contribution in [2.45, 2.75) is 20.3 Å². The Balaban J connectivity index is 4.09. The first-order valence-electron chi connectivity index (χ1n) is 4.44. The average molecular weight is 165 g/mol. The van der Waals surface area contributed by atoms with Crippen LogP contribution in [0.5, 0.6) is 0 Å². The van der Waals surface area contributed by atoms with E-state index in [2.05, 4.69) is 32.6 Å². The van der Waals surface area contributed by atoms with Crippen LogP contribution in [-0.4, -0.2) is 6.54 Å². The monoisotopic (exact) mass is 165 g/mol. The molecule has 68 valence electrons. The molecule has 0 bridgehead atoms. The quantitative estimate of drug-likeness (QED) is 0.623. The van der Waals surface area contributed by atoms with Crippen molar-refractivity contribution in [2.75, 3.05) is 6.54 Å². The van der Waals surface area contributed by atoms with Crippen LogP contribution in [0.2, 0.25) is 0 Å². The molecule has 0 aliphatic rings. The van der Waals surface area contributed by atoms with E-state index in [9.17, 15) is 0 Å². The molecular weight excluding hydrogens is 146 g/mol. The molecule has 1 atom stereocenters. The van der Waals surface area contributed by atoms with Gasteiger partial charge in [-0.1, -0.05) is 51.2 Å². The second kappa shape index (κ2) is 6.86. The smallest absolute Gasteiger partial charge is 0.0177 e. The molecule has 0 saturated carbocycles. The Morgan fingerprint density at radius 2 is 2.25 bits per heavy atom. The van der Waals surface area contributed by atoms with Crippen LogP contribution in [-0.2, 0) is 0 Å². The van der Waals surface area contributed by atoms with Gasteiger partial charge in [0, 0.05) is 6.54 Å². The Bertz CT molecular complexity index is 177. The van der Waals surface area contributed by atoms with E-state index >= 15 is 0 Å². The van der Waals surface area contributed by atoms with Crippen LogP contribution in [0, 0.1) is 5.92 Å². The van der Waals surface area contributed by atoms with Gasteiger partial charge in [-0.2, -0.15) is 0 Å². The molecule has 0 aromatic carbocycles. The van der Waals surface area contributed by atoms with Gasteiger partial charge in [0.05, 0.1) is 0 Å². The van der Waals surface area contributed by atoms with Crippen LogP contribution in [0.25, 0.3) is 0 Å². The van der Waals surface area contributed by atoms with E-state index in [-0.39, 0.29) is 0 Å². The normalized spacial score (nSPS) is 15.1. The van der Waals surface area contributed by atoms with Gasteiger partial charge in [-0.25, -0.2) is 0 Å². The molecule has 0 aromatic heterocycles. The Hall–Kier alpha value is -0.820. The second-order valence-corrected chi connectivity index (χ2v) is 2.93. The molecule has 0 heterocycles. The number of nitrogens with two attached hydrogens (primary N) is 1. The molecule has 0 saturated heterocycles. The molecular formula is C11H19N. The Morgan fingerprint density at radius 1 is 1.58 bits per heavy atom. The van der Waals surface area contributed by atoms with Gasteiger partial charge in [0.25, 0.3) is 0 Å². The van der Waals surface area contributed by atoms with Crippen molar-refractivity contribution in [3.05, 3.63) is 36.5 Å². The summed E-state index contributed by atoms with van der Waals surface area (Å²) in [5.74, 6) is 0.629. The van der Waals surface area contributed by atoms with E-state index in [4.69, 9.17) is 5.73 Å². The van der Waals surface area contributed by atoms with Crippen molar-refractivity contribution >= 4 is 0 Å². The van der Waals surface area contributed by atoms with Crippen LogP contribution in [0.15, 0.2) is 36.5 Å². The summed E-state index contributed by atoms with van der Waals surface area (Å²) in [6.07, 6.45) is 9.14. The van der Waals surface area contributed by atoms with Gasteiger partial charge in [0.15, 0.2) is 0 Å². The fourth-order valence-electron chi connectivity index (χ4n) is 0.767. The van der Waals surface area contributed by atoms with Crippen molar-refractivity contribution < 1.29 is 0 Å². The topological polar surface area (TPSA) is 26.0 Å². The highest BCUT2D eigenvalue weighted by atomic mass is 14.5. The number of rotatable bonds is 5. The van der Waals surface area contributed by atoms with E-state index in [1.54, 1.807) is 6.08 Å². The Morgan fingerprint density at radius 3 is 2.67 bits per heavy atom. The van der Waals surface area contributed by atoms with Crippen LogP contribution < -0.4 is 5.73 Å². The predicted molar refractivity (Wildman–Crippen MR) is 55.9 cm³/mol. The number of hydrogen-bond acceptors (Lipinski definition) is 1. The van der Waals surface area contributed by atoms with Crippen molar-refractivity contribution in [1.29, 1.82) is 0 Å². The van der Waals surface area contributed by atoms with Crippen LogP contribution in [0.4, 0.5) is 0 Å². The average Bonchev–Trinajstić information content (AvgIpc) is 2.11. The molecule has 0 spiro atoms. The van der Waals surface area contributed by atoms with E-state index in [1.165, 1.54) is 6.42 Å². The highest BCUT2D eigenvalue weighted by Gasteiger charge is 1.91. The summed E-state index contributed by atoms with van der Waals surface area (Å²) in [6, 6.07) is 0. The van der Waals surface area contributed by atoms with Crippen molar-refractivity contribution in [3.63, 3.8) is 0 Å². The van der Waals surface area contributed by atoms with Crippen molar-refractivity contribution in [3.8, 4) is 0 Å². The maximum absolute atomic E-state index is 5.52. The van der Waals surface area contributed by atoms with Gasteiger partial charge in [-0.3, -0.25) is 0 Å². The lowest BCUT2D eigenvalue weighted by molar-refractivity contribution is 0.697. The van der Waals surface area contributed by atoms with E-state index in [0.717, 1.165) is 5.57 Å². The molecule has 0 rings (SSSR count). The SMILES string of the molecule is C=CC=C(C=CC(C)CC)CN. The molecule has 0 fully saturated rings. The summed E-state index contributed by atoms with van der Waals surface area (Å²) >= 11 is 0. The third-order valence-electron chi connectivity index (χ3n) is 1.85. The molecule has 1 heteroatoms. The standard InChI is InChI=1S/C11H19N/c1-4-6-11(9-12)8-7-10(3)5-2/h4,6-8,10H,1,5,9,12H2,2-3H3. The van der Waals surface area contributed by atoms with Gasteiger partial charge in [0.2, 0.25) is 0 Å². The Kier molecular flexibility index (Phi) is 6.39. The maximum Gasteiger partial charge on any atom is 0.0177 e. The van der Waals surface area contributed by atoms with Crippen LogP contribution >= 0.6 is 0 Å². The van der Waals surface area contributed by atoms with E-state index < -0.39 is 0 Å². The van der Waals surface area contributed by atoms with Gasteiger partial charge in [-0.05, 0) is 11.5 Å². The van der Waals surface area contributed by atoms with Crippen LogP contribution in [0.3, 0.4) is 0 Å². The minimum Gasteiger partial charge on any atom is -0.326 e. The van der Waals surface area contributed by atoms with Gasteiger partial charge < -0.3 is 5.73 Å². The summed E-state index contributed by atoms with van der Waals surface area (Å²) in [7, 11) is 0. The predicted octanol–water partition coefficient (Wildman–Crippen LogP) is 2.66. The minimum absolute atomic E-state index is 0.582. The van der Waals surface area contributed by atoms with Gasteiger partial charge in [0.1, 0.15) is 0 Å². The summed E-state index contributed by atoms with van der Waals surface area (Å²) in [5, 5.41) is 0. The summed E-state index contributed by atoms with van der Waals surface area (Å²) < 4.78 is 0. The lowest BCUT2D eigenvalue weighted by Crippen LogP contribution is -2.00. The molecule has 1 unspecified atom stereocenters. The van der Waals surface area contributed by atoms with Crippen molar-refractivity contribution in [2.24, 2.45) is 11.7 Å². The largest absolute Gasteiger partial charge is 0.326 e. The molecule has 0 aliphatic heterocycles. The molecule has 0 aromatic rings. The highest BCUT2D eigenvalue weighted by molar-refractivity contribution is 5.24. The number of allylic oxidation sites excluding steroid dienone is 3. The first-order chi connectivity index (χ1) is 5.74. The third kappa shape index (κ3) is 4.91. The Labute approximate surface area is 75.7 Å². The maximum atomic E-state index is 5.52. The molecule has 2 N–H and O–H groups in total. The summed E-state index contributed by atoms with van der Waals surface area (Å²) in [6.45, 7) is 8.58. The lowest BCUT2D eigenvalue weighted by Gasteiger charge is -2.00. The first-order valence-corrected chi connectivity index (χ1v) is 4.44. The fraction of sp³-hybridized carbons (Fsp3) is 0.455. The molecule has 12 heavy (non-hydrogen) atoms. The van der Waals surface area contributed by atoms with E-state index in [0.29, 0.717) is 12.5 Å². The molecule has 0 aliphatic carbocycles. The van der Waals surface area contributed by atoms with E-state index in [1.807, 2.05) is 6.08 Å². The number of hydrogen-bond donors (Lipinski definition) is 1. The first kappa shape index (κ1) is 11.2. The lowest BCUT2D eigenvalue weighted by atomic mass is 10.1. The molecule has 0 radical (unpaired) electrons. The fourth-order valence-corrected chi connectivity index (χ4v) is 0.767. The van der Waals surface area contributed by atoms with Gasteiger partial charge >= 0.3 is 0 Å². The molecule has 1 nitrogen and oxygen atoms in total. The van der Waals surface area contributed by atoms with Gasteiger partial charge in [-0.15, -0.1) is 0 Å². The van der Waals surface area contributed by atoms with Crippen LogP contribution in [0.1, 0.15) is 20.3 Å². The zero-order chi connectivity index (χ0) is 9.40. The zero-order valence-corrected chi connectivity index (χ0v) is 8.09.